The van der Waals surface area contributed by atoms with E-state index < -0.39 is 0 Å². The average molecular weight is 280 g/mol. The first-order valence-corrected chi connectivity index (χ1v) is 5.59. The fraction of sp³-hybridized carbons (Fsp3) is 0.154. The molecular weight excluding hydrogens is 266 g/mol. The second-order valence-corrected chi connectivity index (χ2v) is 3.85. The summed E-state index contributed by atoms with van der Waals surface area (Å²) in [6.45, 7) is 1.22. The molecule has 0 amide bonds. The molecule has 0 spiro atoms. The summed E-state index contributed by atoms with van der Waals surface area (Å²) in [7, 11) is 0. The summed E-state index contributed by atoms with van der Waals surface area (Å²) in [5, 5.41) is 13.8. The fourth-order valence-electron chi connectivity index (χ4n) is 1.62. The van der Waals surface area contributed by atoms with Crippen molar-refractivity contribution in [1.82, 2.24) is 10.3 Å². The normalized spacial score (nSPS) is 9.68. The van der Waals surface area contributed by atoms with Gasteiger partial charge < -0.3 is 5.32 Å². The molecule has 0 unspecified atom stereocenters. The van der Waals surface area contributed by atoms with Crippen molar-refractivity contribution in [2.75, 3.05) is 0 Å². The van der Waals surface area contributed by atoms with Crippen LogP contribution in [0.15, 0.2) is 48.7 Å². The highest BCUT2D eigenvalue weighted by atomic mass is 35.5. The van der Waals surface area contributed by atoms with Gasteiger partial charge in [0.05, 0.1) is 10.6 Å². The maximum Gasteiger partial charge on any atom is 0.269 e. The number of nitro groups is 1. The molecule has 1 aromatic carbocycles. The van der Waals surface area contributed by atoms with Crippen LogP contribution in [0.5, 0.6) is 0 Å². The second kappa shape index (κ2) is 7.45. The molecule has 0 radical (unpaired) electrons. The van der Waals surface area contributed by atoms with Gasteiger partial charge in [0.2, 0.25) is 0 Å². The monoisotopic (exact) mass is 279 g/mol. The van der Waals surface area contributed by atoms with Gasteiger partial charge in [-0.3, -0.25) is 15.1 Å². The van der Waals surface area contributed by atoms with Gasteiger partial charge in [-0.25, -0.2) is 0 Å². The van der Waals surface area contributed by atoms with Gasteiger partial charge in [-0.1, -0.05) is 18.2 Å². The molecule has 0 bridgehead atoms. The number of halogens is 1. The topological polar surface area (TPSA) is 68.1 Å². The molecular formula is C13H14ClN3O2. The van der Waals surface area contributed by atoms with Crippen molar-refractivity contribution in [3.8, 4) is 0 Å². The Hall–Kier alpha value is -1.98. The highest BCUT2D eigenvalue weighted by molar-refractivity contribution is 5.85. The number of hydrogen-bond acceptors (Lipinski definition) is 4. The van der Waals surface area contributed by atoms with Crippen LogP contribution in [-0.2, 0) is 13.1 Å². The molecule has 1 heterocycles. The van der Waals surface area contributed by atoms with Crippen LogP contribution >= 0.6 is 12.4 Å². The predicted octanol–water partition coefficient (Wildman–Crippen LogP) is 2.70. The van der Waals surface area contributed by atoms with Gasteiger partial charge in [0.1, 0.15) is 0 Å². The molecule has 0 saturated carbocycles. The largest absolute Gasteiger partial charge is 0.307 e. The summed E-state index contributed by atoms with van der Waals surface area (Å²) in [6.07, 6.45) is 1.74. The highest BCUT2D eigenvalue weighted by Crippen LogP contribution is 2.12. The fourth-order valence-corrected chi connectivity index (χ4v) is 1.62. The maximum atomic E-state index is 10.6. The van der Waals surface area contributed by atoms with Gasteiger partial charge in [0, 0.05) is 31.4 Å². The third kappa shape index (κ3) is 4.65. The summed E-state index contributed by atoms with van der Waals surface area (Å²) in [6, 6.07) is 12.3. The molecule has 6 heteroatoms. The summed E-state index contributed by atoms with van der Waals surface area (Å²) in [5.41, 5.74) is 1.95. The lowest BCUT2D eigenvalue weighted by molar-refractivity contribution is -0.384. The van der Waals surface area contributed by atoms with E-state index in [0.29, 0.717) is 13.1 Å². The molecule has 2 aromatic rings. The van der Waals surface area contributed by atoms with E-state index in [4.69, 9.17) is 0 Å². The second-order valence-electron chi connectivity index (χ2n) is 3.85. The molecule has 1 N–H and O–H groups in total. The molecule has 19 heavy (non-hydrogen) atoms. The van der Waals surface area contributed by atoms with Crippen LogP contribution < -0.4 is 5.32 Å². The first-order valence-electron chi connectivity index (χ1n) is 5.59. The molecule has 1 aromatic heterocycles. The Morgan fingerprint density at radius 2 is 2.00 bits per heavy atom. The summed E-state index contributed by atoms with van der Waals surface area (Å²) in [5.74, 6) is 0. The Balaban J connectivity index is 0.00000180. The lowest BCUT2D eigenvalue weighted by Gasteiger charge is -2.04. The van der Waals surface area contributed by atoms with Gasteiger partial charge in [-0.2, -0.15) is 0 Å². The van der Waals surface area contributed by atoms with Crippen molar-refractivity contribution in [2.24, 2.45) is 0 Å². The number of aromatic nitrogens is 1. The van der Waals surface area contributed by atoms with E-state index in [1.54, 1.807) is 18.3 Å². The van der Waals surface area contributed by atoms with E-state index in [2.05, 4.69) is 10.3 Å². The number of nitro benzene ring substituents is 1. The Bertz CT molecular complexity index is 534. The molecule has 0 aliphatic heterocycles. The molecule has 100 valence electrons. The molecule has 0 fully saturated rings. The van der Waals surface area contributed by atoms with Crippen molar-refractivity contribution in [3.05, 3.63) is 70.0 Å². The van der Waals surface area contributed by atoms with Crippen molar-refractivity contribution in [2.45, 2.75) is 13.1 Å². The number of nitrogens with zero attached hydrogens (tertiary/aromatic N) is 2. The van der Waals surface area contributed by atoms with Crippen LogP contribution in [0.1, 0.15) is 11.3 Å². The molecule has 0 aliphatic carbocycles. The molecule has 5 nitrogen and oxygen atoms in total. The number of hydrogen-bond donors (Lipinski definition) is 1. The highest BCUT2D eigenvalue weighted by Gasteiger charge is 2.04. The SMILES string of the molecule is Cl.O=[N+]([O-])c1cccc(CNCc2ccccn2)c1. The van der Waals surface area contributed by atoms with Gasteiger partial charge in [-0.15, -0.1) is 12.4 Å². The zero-order chi connectivity index (χ0) is 12.8. The van der Waals surface area contributed by atoms with Crippen LogP contribution in [0, 0.1) is 10.1 Å². The van der Waals surface area contributed by atoms with Crippen molar-refractivity contribution in [3.63, 3.8) is 0 Å². The van der Waals surface area contributed by atoms with E-state index in [1.807, 2.05) is 24.3 Å². The molecule has 0 saturated heterocycles. The minimum absolute atomic E-state index is 0. The van der Waals surface area contributed by atoms with Crippen LogP contribution in [-0.4, -0.2) is 9.91 Å². The molecule has 0 atom stereocenters. The smallest absolute Gasteiger partial charge is 0.269 e. The van der Waals surface area contributed by atoms with E-state index in [1.165, 1.54) is 6.07 Å². The van der Waals surface area contributed by atoms with Crippen molar-refractivity contribution >= 4 is 18.1 Å². The molecule has 2 rings (SSSR count). The zero-order valence-electron chi connectivity index (χ0n) is 10.2. The van der Waals surface area contributed by atoms with Gasteiger partial charge >= 0.3 is 0 Å². The number of pyridine rings is 1. The number of nitrogens with one attached hydrogen (secondary N) is 1. The predicted molar refractivity (Wildman–Crippen MR) is 75.1 cm³/mol. The molecule has 0 aliphatic rings. The van der Waals surface area contributed by atoms with E-state index in [0.717, 1.165) is 11.3 Å². The quantitative estimate of drug-likeness (QED) is 0.675. The number of rotatable bonds is 5. The lowest BCUT2D eigenvalue weighted by Crippen LogP contribution is -2.13. The van der Waals surface area contributed by atoms with Crippen LogP contribution in [0.2, 0.25) is 0 Å². The Kier molecular flexibility index (Phi) is 5.92. The number of non-ortho nitro benzene ring substituents is 1. The van der Waals surface area contributed by atoms with E-state index in [9.17, 15) is 10.1 Å². The summed E-state index contributed by atoms with van der Waals surface area (Å²) < 4.78 is 0. The number of benzene rings is 1. The lowest BCUT2D eigenvalue weighted by atomic mass is 10.2. The van der Waals surface area contributed by atoms with E-state index in [-0.39, 0.29) is 23.0 Å². The average Bonchev–Trinajstić information content (AvgIpc) is 2.40. The van der Waals surface area contributed by atoms with Crippen molar-refractivity contribution < 1.29 is 4.92 Å². The van der Waals surface area contributed by atoms with Crippen LogP contribution in [0.25, 0.3) is 0 Å². The Labute approximate surface area is 117 Å². The summed E-state index contributed by atoms with van der Waals surface area (Å²) >= 11 is 0. The standard InChI is InChI=1S/C13H13N3O2.ClH/c17-16(18)13-6-3-4-11(8-13)9-14-10-12-5-1-2-7-15-12;/h1-8,14H,9-10H2;1H. The maximum absolute atomic E-state index is 10.6. The minimum atomic E-state index is -0.387. The van der Waals surface area contributed by atoms with Crippen LogP contribution in [0.3, 0.4) is 0 Å². The first kappa shape index (κ1) is 15.1. The van der Waals surface area contributed by atoms with Gasteiger partial charge in [0.15, 0.2) is 0 Å². The Morgan fingerprint density at radius 3 is 2.68 bits per heavy atom. The first-order chi connectivity index (χ1) is 8.75. The van der Waals surface area contributed by atoms with Gasteiger partial charge in [-0.05, 0) is 17.7 Å². The third-order valence-electron chi connectivity index (χ3n) is 2.48. The van der Waals surface area contributed by atoms with Crippen LogP contribution in [0.4, 0.5) is 5.69 Å². The zero-order valence-corrected chi connectivity index (χ0v) is 11.0. The van der Waals surface area contributed by atoms with E-state index >= 15 is 0 Å². The third-order valence-corrected chi connectivity index (χ3v) is 2.48. The minimum Gasteiger partial charge on any atom is -0.307 e. The van der Waals surface area contributed by atoms with Gasteiger partial charge in [0.25, 0.3) is 5.69 Å². The summed E-state index contributed by atoms with van der Waals surface area (Å²) in [4.78, 5) is 14.4. The van der Waals surface area contributed by atoms with Crippen molar-refractivity contribution in [1.29, 1.82) is 0 Å². The Morgan fingerprint density at radius 1 is 1.16 bits per heavy atom.